The van der Waals surface area contributed by atoms with Crippen molar-refractivity contribution in [3.05, 3.63) is 28.5 Å². The van der Waals surface area contributed by atoms with Gasteiger partial charge in [-0.25, -0.2) is 4.39 Å². The van der Waals surface area contributed by atoms with Crippen molar-refractivity contribution < 1.29 is 9.13 Å². The molecule has 1 saturated heterocycles. The SMILES string of the molecule is Fc1cc(Cl)c(OCC2CC2)c(C2CCCNC2)c1. The lowest BCUT2D eigenvalue weighted by Crippen LogP contribution is -2.28. The minimum Gasteiger partial charge on any atom is -0.491 e. The summed E-state index contributed by atoms with van der Waals surface area (Å²) in [4.78, 5) is 0. The Labute approximate surface area is 118 Å². The molecule has 1 atom stereocenters. The van der Waals surface area contributed by atoms with E-state index in [1.54, 1.807) is 6.07 Å². The van der Waals surface area contributed by atoms with Gasteiger partial charge in [0.05, 0.1) is 11.6 Å². The number of halogens is 2. The average Bonchev–Trinajstić information content (AvgIpc) is 3.22. The predicted molar refractivity (Wildman–Crippen MR) is 74.5 cm³/mol. The van der Waals surface area contributed by atoms with Crippen LogP contribution in [0.25, 0.3) is 0 Å². The van der Waals surface area contributed by atoms with E-state index in [0.717, 1.165) is 31.5 Å². The van der Waals surface area contributed by atoms with E-state index >= 15 is 0 Å². The Hall–Kier alpha value is -0.800. The Kier molecular flexibility index (Phi) is 3.94. The second kappa shape index (κ2) is 5.68. The molecule has 1 saturated carbocycles. The first-order chi connectivity index (χ1) is 9.24. The minimum absolute atomic E-state index is 0.274. The highest BCUT2D eigenvalue weighted by molar-refractivity contribution is 6.32. The molecule has 0 bridgehead atoms. The highest BCUT2D eigenvalue weighted by atomic mass is 35.5. The molecular formula is C15H19ClFNO. The molecule has 2 fully saturated rings. The number of nitrogens with one attached hydrogen (secondary N) is 1. The first-order valence-corrected chi connectivity index (χ1v) is 7.44. The Morgan fingerprint density at radius 1 is 1.32 bits per heavy atom. The Morgan fingerprint density at radius 2 is 2.16 bits per heavy atom. The summed E-state index contributed by atoms with van der Waals surface area (Å²) < 4.78 is 19.5. The third-order valence-electron chi connectivity index (χ3n) is 3.93. The van der Waals surface area contributed by atoms with Gasteiger partial charge in [0.15, 0.2) is 0 Å². The van der Waals surface area contributed by atoms with E-state index in [1.165, 1.54) is 18.9 Å². The fourth-order valence-corrected chi connectivity index (χ4v) is 2.91. The van der Waals surface area contributed by atoms with E-state index < -0.39 is 0 Å². The molecule has 1 N–H and O–H groups in total. The normalized spacial score (nSPS) is 23.4. The van der Waals surface area contributed by atoms with Gasteiger partial charge >= 0.3 is 0 Å². The van der Waals surface area contributed by atoms with E-state index in [4.69, 9.17) is 16.3 Å². The van der Waals surface area contributed by atoms with Gasteiger partial charge in [0.25, 0.3) is 0 Å². The number of rotatable bonds is 4. The lowest BCUT2D eigenvalue weighted by molar-refractivity contribution is 0.292. The summed E-state index contributed by atoms with van der Waals surface area (Å²) in [6.07, 6.45) is 4.64. The summed E-state index contributed by atoms with van der Waals surface area (Å²) in [6.45, 7) is 2.62. The van der Waals surface area contributed by atoms with E-state index in [2.05, 4.69) is 5.32 Å². The topological polar surface area (TPSA) is 21.3 Å². The zero-order chi connectivity index (χ0) is 13.2. The maximum Gasteiger partial charge on any atom is 0.141 e. The quantitative estimate of drug-likeness (QED) is 0.909. The third-order valence-corrected chi connectivity index (χ3v) is 4.21. The molecule has 1 aliphatic heterocycles. The van der Waals surface area contributed by atoms with Gasteiger partial charge in [0, 0.05) is 18.0 Å². The lowest BCUT2D eigenvalue weighted by atomic mass is 9.91. The molecule has 1 unspecified atom stereocenters. The Bertz CT molecular complexity index is 456. The van der Waals surface area contributed by atoms with Gasteiger partial charge in [0.2, 0.25) is 0 Å². The van der Waals surface area contributed by atoms with Crippen molar-refractivity contribution in [2.75, 3.05) is 19.7 Å². The number of hydrogen-bond acceptors (Lipinski definition) is 2. The molecule has 0 spiro atoms. The Morgan fingerprint density at radius 3 is 2.84 bits per heavy atom. The fourth-order valence-electron chi connectivity index (χ4n) is 2.64. The van der Waals surface area contributed by atoms with Crippen molar-refractivity contribution in [1.82, 2.24) is 5.32 Å². The van der Waals surface area contributed by atoms with E-state index in [1.807, 2.05) is 0 Å². The summed E-state index contributed by atoms with van der Waals surface area (Å²) in [5.41, 5.74) is 0.929. The smallest absolute Gasteiger partial charge is 0.141 e. The van der Waals surface area contributed by atoms with Crippen LogP contribution in [0.1, 0.15) is 37.2 Å². The zero-order valence-corrected chi connectivity index (χ0v) is 11.7. The number of ether oxygens (including phenoxy) is 1. The second-order valence-electron chi connectivity index (χ2n) is 5.60. The summed E-state index contributed by atoms with van der Waals surface area (Å²) in [5.74, 6) is 1.39. The zero-order valence-electron chi connectivity index (χ0n) is 10.9. The molecule has 2 aliphatic rings. The van der Waals surface area contributed by atoms with Crippen LogP contribution in [0.2, 0.25) is 5.02 Å². The minimum atomic E-state index is -0.274. The van der Waals surface area contributed by atoms with E-state index in [-0.39, 0.29) is 5.82 Å². The van der Waals surface area contributed by atoms with Crippen LogP contribution in [0, 0.1) is 11.7 Å². The van der Waals surface area contributed by atoms with Crippen LogP contribution < -0.4 is 10.1 Å². The van der Waals surface area contributed by atoms with Crippen molar-refractivity contribution in [3.8, 4) is 5.75 Å². The highest BCUT2D eigenvalue weighted by Crippen LogP contribution is 2.39. The lowest BCUT2D eigenvalue weighted by Gasteiger charge is -2.25. The summed E-state index contributed by atoms with van der Waals surface area (Å²) in [5, 5.41) is 3.76. The van der Waals surface area contributed by atoms with Crippen LogP contribution in [-0.2, 0) is 0 Å². The maximum absolute atomic E-state index is 13.6. The average molecular weight is 284 g/mol. The van der Waals surface area contributed by atoms with Gasteiger partial charge in [-0.2, -0.15) is 0 Å². The molecule has 1 aliphatic carbocycles. The van der Waals surface area contributed by atoms with Gasteiger partial charge in [0.1, 0.15) is 11.6 Å². The van der Waals surface area contributed by atoms with Crippen LogP contribution in [0.3, 0.4) is 0 Å². The van der Waals surface area contributed by atoms with Gasteiger partial charge in [-0.05, 0) is 50.3 Å². The number of benzene rings is 1. The van der Waals surface area contributed by atoms with Crippen LogP contribution >= 0.6 is 11.6 Å². The van der Waals surface area contributed by atoms with Gasteiger partial charge in [-0.1, -0.05) is 11.6 Å². The molecule has 2 nitrogen and oxygen atoms in total. The molecule has 0 amide bonds. The number of hydrogen-bond donors (Lipinski definition) is 1. The second-order valence-corrected chi connectivity index (χ2v) is 6.01. The van der Waals surface area contributed by atoms with Gasteiger partial charge in [-0.15, -0.1) is 0 Å². The molecule has 1 aromatic rings. The van der Waals surface area contributed by atoms with Crippen LogP contribution in [0.4, 0.5) is 4.39 Å². The highest BCUT2D eigenvalue weighted by Gasteiger charge is 2.26. The van der Waals surface area contributed by atoms with Crippen LogP contribution in [0.5, 0.6) is 5.75 Å². The molecule has 1 heterocycles. The summed E-state index contributed by atoms with van der Waals surface area (Å²) in [7, 11) is 0. The van der Waals surface area contributed by atoms with Gasteiger partial charge < -0.3 is 10.1 Å². The van der Waals surface area contributed by atoms with Crippen molar-refractivity contribution in [2.45, 2.75) is 31.6 Å². The molecule has 3 rings (SSSR count). The predicted octanol–water partition coefficient (Wildman–Crippen LogP) is 3.73. The van der Waals surface area contributed by atoms with E-state index in [9.17, 15) is 4.39 Å². The molecule has 0 aromatic heterocycles. The molecule has 0 radical (unpaired) electrons. The van der Waals surface area contributed by atoms with Gasteiger partial charge in [-0.3, -0.25) is 0 Å². The summed E-state index contributed by atoms with van der Waals surface area (Å²) >= 11 is 6.17. The molecule has 4 heteroatoms. The largest absolute Gasteiger partial charge is 0.491 e. The van der Waals surface area contributed by atoms with E-state index in [0.29, 0.717) is 29.2 Å². The number of piperidine rings is 1. The van der Waals surface area contributed by atoms with Crippen LogP contribution in [-0.4, -0.2) is 19.7 Å². The third kappa shape index (κ3) is 3.21. The monoisotopic (exact) mass is 283 g/mol. The molecule has 19 heavy (non-hydrogen) atoms. The fraction of sp³-hybridized carbons (Fsp3) is 0.600. The molecule has 104 valence electrons. The first-order valence-electron chi connectivity index (χ1n) is 7.06. The van der Waals surface area contributed by atoms with Crippen molar-refractivity contribution >= 4 is 11.6 Å². The molecular weight excluding hydrogens is 265 g/mol. The van der Waals surface area contributed by atoms with Crippen molar-refractivity contribution in [1.29, 1.82) is 0 Å². The first kappa shape index (κ1) is 13.2. The molecule has 1 aromatic carbocycles. The van der Waals surface area contributed by atoms with Crippen LogP contribution in [0.15, 0.2) is 12.1 Å². The standard InChI is InChI=1S/C15H19ClFNO/c16-14-7-12(17)6-13(11-2-1-5-18-8-11)15(14)19-9-10-3-4-10/h6-7,10-11,18H,1-5,8-9H2. The maximum atomic E-state index is 13.6. The Balaban J connectivity index is 1.85. The van der Waals surface area contributed by atoms with Crippen molar-refractivity contribution in [2.24, 2.45) is 5.92 Å². The van der Waals surface area contributed by atoms with Crippen molar-refractivity contribution in [3.63, 3.8) is 0 Å². The summed E-state index contributed by atoms with van der Waals surface area (Å²) in [6, 6.07) is 2.94.